The second-order valence-electron chi connectivity index (χ2n) is 5.54. The monoisotopic (exact) mass is 239 g/mol. The lowest BCUT2D eigenvalue weighted by Gasteiger charge is -2.47. The van der Waals surface area contributed by atoms with E-state index in [1.165, 1.54) is 19.3 Å². The molecule has 4 nitrogen and oxygen atoms in total. The number of piperidine rings is 2. The molecule has 2 rings (SSSR count). The first kappa shape index (κ1) is 12.7. The minimum Gasteiger partial charge on any atom is -0.335 e. The Kier molecular flexibility index (Phi) is 3.92. The largest absolute Gasteiger partial charge is 0.335 e. The summed E-state index contributed by atoms with van der Waals surface area (Å²) in [5.74, 6) is 0. The van der Waals surface area contributed by atoms with Crippen LogP contribution in [0.25, 0.3) is 0 Å². The van der Waals surface area contributed by atoms with Crippen molar-refractivity contribution in [2.75, 3.05) is 20.6 Å². The van der Waals surface area contributed by atoms with Gasteiger partial charge in [-0.1, -0.05) is 6.42 Å². The molecule has 0 aromatic carbocycles. The van der Waals surface area contributed by atoms with Crippen LogP contribution >= 0.6 is 0 Å². The first-order valence-electron chi connectivity index (χ1n) is 6.85. The maximum atomic E-state index is 11.8. The first-order valence-corrected chi connectivity index (χ1v) is 6.85. The van der Waals surface area contributed by atoms with E-state index in [2.05, 4.69) is 17.3 Å². The summed E-state index contributed by atoms with van der Waals surface area (Å²) in [6, 6.07) is 1.82. The summed E-state index contributed by atoms with van der Waals surface area (Å²) >= 11 is 0. The fraction of sp³-hybridized carbons (Fsp3) is 0.923. The van der Waals surface area contributed by atoms with Gasteiger partial charge in [0.25, 0.3) is 0 Å². The van der Waals surface area contributed by atoms with Crippen LogP contribution in [0.15, 0.2) is 0 Å². The van der Waals surface area contributed by atoms with E-state index in [1.807, 2.05) is 14.0 Å². The van der Waals surface area contributed by atoms with Crippen LogP contribution in [0.3, 0.4) is 0 Å². The van der Waals surface area contributed by atoms with Gasteiger partial charge in [0, 0.05) is 31.7 Å². The van der Waals surface area contributed by atoms with Crippen molar-refractivity contribution in [1.82, 2.24) is 15.1 Å². The molecule has 0 aromatic rings. The highest BCUT2D eigenvalue weighted by Crippen LogP contribution is 2.32. The number of hydrogen-bond acceptors (Lipinski definition) is 2. The Morgan fingerprint density at radius 3 is 2.47 bits per heavy atom. The number of amides is 2. The van der Waals surface area contributed by atoms with Crippen LogP contribution in [0.4, 0.5) is 4.79 Å². The minimum atomic E-state index is 0.0835. The number of fused-ring (bicyclic) bond motifs is 2. The Labute approximate surface area is 104 Å². The van der Waals surface area contributed by atoms with E-state index in [0.29, 0.717) is 18.1 Å². The highest BCUT2D eigenvalue weighted by atomic mass is 16.2. The summed E-state index contributed by atoms with van der Waals surface area (Å²) in [5, 5.41) is 3.18. The lowest BCUT2D eigenvalue weighted by molar-refractivity contribution is 0.0498. The van der Waals surface area contributed by atoms with E-state index < -0.39 is 0 Å². The lowest BCUT2D eigenvalue weighted by Crippen LogP contribution is -2.56. The van der Waals surface area contributed by atoms with Crippen molar-refractivity contribution >= 4 is 6.03 Å². The van der Waals surface area contributed by atoms with Gasteiger partial charge in [0.15, 0.2) is 0 Å². The molecule has 2 aliphatic heterocycles. The van der Waals surface area contributed by atoms with E-state index in [-0.39, 0.29) is 6.03 Å². The Morgan fingerprint density at radius 2 is 1.94 bits per heavy atom. The average Bonchev–Trinajstić information content (AvgIpc) is 2.29. The Morgan fingerprint density at radius 1 is 1.35 bits per heavy atom. The van der Waals surface area contributed by atoms with Crippen molar-refractivity contribution in [2.45, 2.75) is 57.2 Å². The standard InChI is InChI=1S/C13H25N3O/c1-4-15(2)13(17)14-10-8-11-6-5-7-12(9-10)16(11)3/h10-12H,4-9H2,1-3H3,(H,14,17). The van der Waals surface area contributed by atoms with Crippen LogP contribution in [-0.4, -0.2) is 54.6 Å². The van der Waals surface area contributed by atoms with Gasteiger partial charge in [0.2, 0.25) is 0 Å². The molecule has 17 heavy (non-hydrogen) atoms. The van der Waals surface area contributed by atoms with Crippen molar-refractivity contribution < 1.29 is 4.79 Å². The third-order valence-electron chi connectivity index (χ3n) is 4.49. The minimum absolute atomic E-state index is 0.0835. The second kappa shape index (κ2) is 5.25. The second-order valence-corrected chi connectivity index (χ2v) is 5.54. The van der Waals surface area contributed by atoms with Crippen LogP contribution in [0.2, 0.25) is 0 Å². The third kappa shape index (κ3) is 2.73. The summed E-state index contributed by atoms with van der Waals surface area (Å²) in [6.07, 6.45) is 6.19. The zero-order valence-corrected chi connectivity index (χ0v) is 11.3. The molecular formula is C13H25N3O. The van der Waals surface area contributed by atoms with Crippen LogP contribution in [0.5, 0.6) is 0 Å². The molecule has 0 saturated carbocycles. The number of rotatable bonds is 2. The fourth-order valence-corrected chi connectivity index (χ4v) is 3.16. The van der Waals surface area contributed by atoms with Crippen LogP contribution in [0.1, 0.15) is 39.0 Å². The fourth-order valence-electron chi connectivity index (χ4n) is 3.16. The van der Waals surface area contributed by atoms with Crippen molar-refractivity contribution in [2.24, 2.45) is 0 Å². The number of urea groups is 1. The summed E-state index contributed by atoms with van der Waals surface area (Å²) in [5.41, 5.74) is 0. The molecule has 2 aliphatic rings. The molecule has 0 radical (unpaired) electrons. The quantitative estimate of drug-likeness (QED) is 0.795. The molecule has 2 atom stereocenters. The highest BCUT2D eigenvalue weighted by Gasteiger charge is 2.36. The molecule has 4 heteroatoms. The van der Waals surface area contributed by atoms with Crippen molar-refractivity contribution in [3.63, 3.8) is 0 Å². The zero-order valence-electron chi connectivity index (χ0n) is 11.3. The number of hydrogen-bond donors (Lipinski definition) is 1. The molecule has 2 fully saturated rings. The summed E-state index contributed by atoms with van der Waals surface area (Å²) in [6.45, 7) is 2.77. The topological polar surface area (TPSA) is 35.6 Å². The average molecular weight is 239 g/mol. The molecular weight excluding hydrogens is 214 g/mol. The van der Waals surface area contributed by atoms with E-state index in [9.17, 15) is 4.79 Å². The first-order chi connectivity index (χ1) is 8.11. The summed E-state index contributed by atoms with van der Waals surface area (Å²) in [7, 11) is 4.09. The van der Waals surface area contributed by atoms with E-state index in [1.54, 1.807) is 4.90 Å². The lowest BCUT2D eigenvalue weighted by atomic mass is 9.82. The molecule has 0 aliphatic carbocycles. The van der Waals surface area contributed by atoms with Crippen molar-refractivity contribution in [3.8, 4) is 0 Å². The van der Waals surface area contributed by atoms with E-state index >= 15 is 0 Å². The molecule has 1 N–H and O–H groups in total. The number of nitrogens with zero attached hydrogens (tertiary/aromatic N) is 2. The molecule has 0 spiro atoms. The van der Waals surface area contributed by atoms with Gasteiger partial charge >= 0.3 is 6.03 Å². The van der Waals surface area contributed by atoms with Gasteiger partial charge in [0.1, 0.15) is 0 Å². The number of carbonyl (C=O) groups excluding carboxylic acids is 1. The third-order valence-corrected chi connectivity index (χ3v) is 4.49. The van der Waals surface area contributed by atoms with Gasteiger partial charge in [-0.15, -0.1) is 0 Å². The molecule has 0 aromatic heterocycles. The smallest absolute Gasteiger partial charge is 0.317 e. The number of nitrogens with one attached hydrogen (secondary N) is 1. The predicted octanol–water partition coefficient (Wildman–Crippen LogP) is 1.66. The van der Waals surface area contributed by atoms with E-state index in [4.69, 9.17) is 0 Å². The summed E-state index contributed by atoms with van der Waals surface area (Å²) < 4.78 is 0. The molecule has 98 valence electrons. The Balaban J connectivity index is 1.89. The van der Waals surface area contributed by atoms with Gasteiger partial charge in [-0.3, -0.25) is 0 Å². The van der Waals surface area contributed by atoms with Gasteiger partial charge in [-0.25, -0.2) is 4.79 Å². The van der Waals surface area contributed by atoms with Crippen LogP contribution in [-0.2, 0) is 0 Å². The van der Waals surface area contributed by atoms with E-state index in [0.717, 1.165) is 19.4 Å². The molecule has 2 saturated heterocycles. The van der Waals surface area contributed by atoms with Crippen LogP contribution < -0.4 is 5.32 Å². The van der Waals surface area contributed by atoms with Crippen molar-refractivity contribution in [3.05, 3.63) is 0 Å². The summed E-state index contributed by atoms with van der Waals surface area (Å²) in [4.78, 5) is 16.1. The zero-order chi connectivity index (χ0) is 12.4. The van der Waals surface area contributed by atoms with Gasteiger partial charge in [-0.05, 0) is 39.7 Å². The van der Waals surface area contributed by atoms with Crippen LogP contribution in [0, 0.1) is 0 Å². The highest BCUT2D eigenvalue weighted by molar-refractivity contribution is 5.74. The number of carbonyl (C=O) groups is 1. The normalized spacial score (nSPS) is 33.2. The Bertz CT molecular complexity index is 268. The molecule has 2 unspecified atom stereocenters. The Hall–Kier alpha value is -0.770. The van der Waals surface area contributed by atoms with Gasteiger partial charge < -0.3 is 15.1 Å². The predicted molar refractivity (Wildman–Crippen MR) is 69.0 cm³/mol. The molecule has 2 bridgehead atoms. The van der Waals surface area contributed by atoms with Gasteiger partial charge in [0.05, 0.1) is 0 Å². The van der Waals surface area contributed by atoms with Gasteiger partial charge in [-0.2, -0.15) is 0 Å². The van der Waals surface area contributed by atoms with Crippen molar-refractivity contribution in [1.29, 1.82) is 0 Å². The molecule has 2 amide bonds. The SMILES string of the molecule is CCN(C)C(=O)NC1CC2CCCC(C1)N2C. The maximum absolute atomic E-state index is 11.8. The maximum Gasteiger partial charge on any atom is 0.317 e. The molecule has 2 heterocycles.